The van der Waals surface area contributed by atoms with E-state index in [1.807, 2.05) is 23.1 Å². The van der Waals surface area contributed by atoms with Gasteiger partial charge in [-0.05, 0) is 123 Å². The zero-order chi connectivity index (χ0) is 42.9. The van der Waals surface area contributed by atoms with Gasteiger partial charge in [0.25, 0.3) is 6.71 Å². The summed E-state index contributed by atoms with van der Waals surface area (Å²) in [4.78, 5) is 10.1. The maximum Gasteiger partial charge on any atom is 0.264 e. The van der Waals surface area contributed by atoms with Gasteiger partial charge < -0.3 is 14.7 Å². The summed E-state index contributed by atoms with van der Waals surface area (Å²) in [5, 5.41) is 1.30. The fourth-order valence-electron chi connectivity index (χ4n) is 9.76. The van der Waals surface area contributed by atoms with Crippen molar-refractivity contribution in [1.82, 2.24) is 0 Å². The SMILES string of the molecule is CC(C)(C)c1ccc(N2c3ccc(C(C)(C)C)cc3B3c4sc5cc6c(cc5c4N(c4ccc(C(C)(C)C)cc4)c4cccc2c43)Sc2ccccc2N6c2ccccc2)cc1. The molecule has 306 valence electrons. The smallest absolute Gasteiger partial charge is 0.264 e. The molecule has 1 aromatic heterocycles. The van der Waals surface area contributed by atoms with Gasteiger partial charge in [0.1, 0.15) is 0 Å². The second kappa shape index (κ2) is 13.9. The van der Waals surface area contributed by atoms with E-state index in [0.717, 1.165) is 0 Å². The van der Waals surface area contributed by atoms with Crippen molar-refractivity contribution < 1.29 is 0 Å². The Bertz CT molecular complexity index is 3060. The van der Waals surface area contributed by atoms with Crippen molar-refractivity contribution in [2.75, 3.05) is 14.7 Å². The molecule has 0 bridgehead atoms. The van der Waals surface area contributed by atoms with Crippen LogP contribution >= 0.6 is 23.1 Å². The molecular weight excluding hydrogens is 790 g/mol. The maximum atomic E-state index is 2.60. The molecule has 7 aromatic carbocycles. The lowest BCUT2D eigenvalue weighted by Crippen LogP contribution is -2.60. The van der Waals surface area contributed by atoms with Gasteiger partial charge in [0.05, 0.1) is 17.1 Å². The van der Waals surface area contributed by atoms with E-state index in [4.69, 9.17) is 0 Å². The minimum absolute atomic E-state index is 0.0152. The maximum absolute atomic E-state index is 2.60. The van der Waals surface area contributed by atoms with E-state index >= 15 is 0 Å². The van der Waals surface area contributed by atoms with Crippen LogP contribution in [0.5, 0.6) is 0 Å². The Kier molecular flexibility index (Phi) is 8.79. The fraction of sp³-hybridized carbons (Fsp3) is 0.214. The first-order valence-corrected chi connectivity index (χ1v) is 23.6. The molecule has 0 atom stereocenters. The minimum atomic E-state index is -0.0152. The van der Waals surface area contributed by atoms with E-state index in [-0.39, 0.29) is 23.0 Å². The van der Waals surface area contributed by atoms with Gasteiger partial charge >= 0.3 is 0 Å². The van der Waals surface area contributed by atoms with E-state index in [1.165, 1.54) is 103 Å². The average molecular weight is 842 g/mol. The Labute approximate surface area is 376 Å². The zero-order valence-corrected chi connectivity index (χ0v) is 38.8. The molecule has 0 spiro atoms. The van der Waals surface area contributed by atoms with E-state index in [2.05, 4.69) is 229 Å². The van der Waals surface area contributed by atoms with Crippen molar-refractivity contribution in [2.24, 2.45) is 0 Å². The number of hydrogen-bond donors (Lipinski definition) is 0. The Morgan fingerprint density at radius 2 is 0.952 bits per heavy atom. The van der Waals surface area contributed by atoms with Crippen molar-refractivity contribution in [1.29, 1.82) is 0 Å². The van der Waals surface area contributed by atoms with E-state index in [9.17, 15) is 0 Å². The van der Waals surface area contributed by atoms with Crippen LogP contribution in [0.4, 0.5) is 51.2 Å². The van der Waals surface area contributed by atoms with Crippen molar-refractivity contribution in [2.45, 2.75) is 88.3 Å². The van der Waals surface area contributed by atoms with Crippen LogP contribution in [-0.4, -0.2) is 6.71 Å². The minimum Gasteiger partial charge on any atom is -0.311 e. The molecule has 0 saturated carbocycles. The summed E-state index contributed by atoms with van der Waals surface area (Å²) in [6.45, 7) is 20.9. The van der Waals surface area contributed by atoms with Gasteiger partial charge in [-0.15, -0.1) is 11.3 Å². The number of anilines is 9. The number of thiophene rings is 1. The monoisotopic (exact) mass is 841 g/mol. The first kappa shape index (κ1) is 39.2. The molecule has 11 rings (SSSR count). The van der Waals surface area contributed by atoms with Crippen LogP contribution in [0.3, 0.4) is 0 Å². The van der Waals surface area contributed by atoms with Crippen LogP contribution < -0.4 is 30.4 Å². The molecule has 0 fully saturated rings. The fourth-order valence-corrected chi connectivity index (χ4v) is 12.2. The largest absolute Gasteiger partial charge is 0.311 e. The van der Waals surface area contributed by atoms with E-state index < -0.39 is 0 Å². The van der Waals surface area contributed by atoms with Crippen molar-refractivity contribution in [3.8, 4) is 0 Å². The topological polar surface area (TPSA) is 9.72 Å². The van der Waals surface area contributed by atoms with Crippen LogP contribution in [0.2, 0.25) is 0 Å². The third-order valence-corrected chi connectivity index (χ3v) is 15.4. The quantitative estimate of drug-likeness (QED) is 0.164. The zero-order valence-electron chi connectivity index (χ0n) is 37.2. The highest BCUT2D eigenvalue weighted by molar-refractivity contribution is 7.99. The molecule has 0 N–H and O–H groups in total. The Morgan fingerprint density at radius 1 is 0.419 bits per heavy atom. The lowest BCUT2D eigenvalue weighted by molar-refractivity contribution is 0.590. The molecule has 6 heteroatoms. The number of para-hydroxylation sites is 2. The van der Waals surface area contributed by atoms with Gasteiger partial charge in [0, 0.05) is 58.8 Å². The van der Waals surface area contributed by atoms with Crippen LogP contribution in [0.15, 0.2) is 161 Å². The summed E-state index contributed by atoms with van der Waals surface area (Å²) < 4.78 is 2.69. The van der Waals surface area contributed by atoms with Gasteiger partial charge in [-0.1, -0.05) is 147 Å². The van der Waals surface area contributed by atoms with Crippen LogP contribution in [0.25, 0.3) is 10.1 Å². The van der Waals surface area contributed by atoms with Gasteiger partial charge in [0.2, 0.25) is 0 Å². The lowest BCUT2D eigenvalue weighted by Gasteiger charge is -2.43. The predicted molar refractivity (Wildman–Crippen MR) is 271 cm³/mol. The Balaban J connectivity index is 1.20. The first-order chi connectivity index (χ1) is 29.6. The number of hydrogen-bond acceptors (Lipinski definition) is 5. The summed E-state index contributed by atoms with van der Waals surface area (Å²) in [5.41, 5.74) is 17.9. The second-order valence-electron chi connectivity index (χ2n) is 20.3. The molecule has 0 unspecified atom stereocenters. The van der Waals surface area contributed by atoms with Crippen molar-refractivity contribution in [3.63, 3.8) is 0 Å². The molecule has 0 amide bonds. The number of nitrogens with zero attached hydrogens (tertiary/aromatic N) is 3. The summed E-state index contributed by atoms with van der Waals surface area (Å²) in [5.74, 6) is 0. The number of rotatable bonds is 3. The summed E-state index contributed by atoms with van der Waals surface area (Å²) in [7, 11) is 0. The molecule has 3 nitrogen and oxygen atoms in total. The highest BCUT2D eigenvalue weighted by Gasteiger charge is 2.46. The van der Waals surface area contributed by atoms with Crippen LogP contribution in [0.1, 0.15) is 79.0 Å². The molecule has 0 aliphatic carbocycles. The Hall–Kier alpha value is -5.69. The molecule has 0 radical (unpaired) electrons. The summed E-state index contributed by atoms with van der Waals surface area (Å²) in [6.07, 6.45) is 0. The summed E-state index contributed by atoms with van der Waals surface area (Å²) in [6, 6.07) is 57.7. The Morgan fingerprint density at radius 3 is 1.60 bits per heavy atom. The normalized spacial score (nSPS) is 14.3. The molecular formula is C56H52BN3S2. The number of benzene rings is 7. The molecule has 3 aliphatic rings. The van der Waals surface area contributed by atoms with E-state index in [1.54, 1.807) is 0 Å². The van der Waals surface area contributed by atoms with Gasteiger partial charge in [0.15, 0.2) is 0 Å². The standard InChI is InChI=1S/C56H52BN3S2/c1-54(2,3)35-22-27-39(28-23-35)58-43-31-26-37(56(7,8)9)32-42(43)57-51-45(58)19-15-20-46(51)60(40-29-24-36(25-30-40)55(4,5)6)52-41-33-50-47(34-49(41)62-53(52)57)59(38-16-11-10-12-17-38)44-18-13-14-21-48(44)61-50/h10-34H,1-9H3. The second-order valence-corrected chi connectivity index (χ2v) is 22.5. The lowest BCUT2D eigenvalue weighted by atomic mass is 9.36. The van der Waals surface area contributed by atoms with E-state index in [0.29, 0.717) is 0 Å². The number of fused-ring (bicyclic) bond motifs is 8. The highest BCUT2D eigenvalue weighted by Crippen LogP contribution is 2.55. The summed E-state index contributed by atoms with van der Waals surface area (Å²) >= 11 is 3.87. The van der Waals surface area contributed by atoms with Crippen LogP contribution in [-0.2, 0) is 16.2 Å². The third-order valence-electron chi connectivity index (χ3n) is 13.1. The van der Waals surface area contributed by atoms with Crippen molar-refractivity contribution >= 4 is 107 Å². The van der Waals surface area contributed by atoms with Gasteiger partial charge in [-0.2, -0.15) is 0 Å². The molecule has 8 aromatic rings. The predicted octanol–water partition coefficient (Wildman–Crippen LogP) is 14.8. The molecule has 3 aliphatic heterocycles. The van der Waals surface area contributed by atoms with Crippen molar-refractivity contribution in [3.05, 3.63) is 168 Å². The van der Waals surface area contributed by atoms with Crippen LogP contribution in [0, 0.1) is 0 Å². The highest BCUT2D eigenvalue weighted by atomic mass is 32.2. The molecule has 62 heavy (non-hydrogen) atoms. The van der Waals surface area contributed by atoms with Gasteiger partial charge in [-0.3, -0.25) is 0 Å². The van der Waals surface area contributed by atoms with Gasteiger partial charge in [-0.25, -0.2) is 0 Å². The molecule has 4 heterocycles. The first-order valence-electron chi connectivity index (χ1n) is 22.0. The molecule has 0 saturated heterocycles. The third kappa shape index (κ3) is 6.16. The average Bonchev–Trinajstić information content (AvgIpc) is 3.61.